The van der Waals surface area contributed by atoms with E-state index in [0.717, 1.165) is 99.3 Å². The van der Waals surface area contributed by atoms with Gasteiger partial charge < -0.3 is 24.7 Å². The minimum atomic E-state index is 0.504. The number of furan rings is 1. The van der Waals surface area contributed by atoms with E-state index in [4.69, 9.17) is 15.6 Å². The Morgan fingerprint density at radius 2 is 1.29 bits per heavy atom. The van der Waals surface area contributed by atoms with Crippen LogP contribution in [0.2, 0.25) is 0 Å². The van der Waals surface area contributed by atoms with Crippen molar-refractivity contribution in [2.75, 3.05) is 5.73 Å². The number of anilines is 1. The van der Waals surface area contributed by atoms with Crippen LogP contribution in [0, 0.1) is 5.41 Å². The molecule has 0 aliphatic heterocycles. The van der Waals surface area contributed by atoms with Crippen molar-refractivity contribution in [2.45, 2.75) is 6.92 Å². The largest absolute Gasteiger partial charge is 0.455 e. The molecule has 0 fully saturated rings. The third-order valence-electron chi connectivity index (χ3n) is 9.96. The van der Waals surface area contributed by atoms with Crippen molar-refractivity contribution in [3.63, 3.8) is 0 Å². The molecule has 5 heteroatoms. The lowest BCUT2D eigenvalue weighted by atomic mass is 9.96. The molecule has 0 radical (unpaired) electrons. The molecule has 7 aromatic carbocycles. The highest BCUT2D eigenvalue weighted by Gasteiger charge is 2.22. The summed E-state index contributed by atoms with van der Waals surface area (Å²) in [6.07, 6.45) is 0. The fourth-order valence-corrected chi connectivity index (χ4v) is 7.86. The third kappa shape index (κ3) is 3.90. The first-order chi connectivity index (χ1) is 24.1. The summed E-state index contributed by atoms with van der Waals surface area (Å²) in [5, 5.41) is 15.5. The first kappa shape index (κ1) is 27.5. The molecule has 0 amide bonds. The highest BCUT2D eigenvalue weighted by atomic mass is 16.3. The molecular weight excluding hydrogens is 601 g/mol. The number of nitrogens with two attached hydrogens (primary N) is 1. The first-order valence-corrected chi connectivity index (χ1v) is 16.5. The quantitative estimate of drug-likeness (QED) is 0.150. The molecule has 0 atom stereocenters. The number of hydrogen-bond donors (Lipinski definition) is 2. The second-order valence-electron chi connectivity index (χ2n) is 12.8. The van der Waals surface area contributed by atoms with Gasteiger partial charge in [-0.1, -0.05) is 78.9 Å². The van der Waals surface area contributed by atoms with E-state index in [-0.39, 0.29) is 0 Å². The average molecular weight is 631 g/mol. The van der Waals surface area contributed by atoms with E-state index in [1.807, 2.05) is 25.1 Å². The van der Waals surface area contributed by atoms with E-state index >= 15 is 0 Å². The van der Waals surface area contributed by atoms with E-state index < -0.39 is 0 Å². The molecule has 3 heterocycles. The minimum Gasteiger partial charge on any atom is -0.455 e. The van der Waals surface area contributed by atoms with Gasteiger partial charge in [0.1, 0.15) is 11.2 Å². The number of benzene rings is 7. The lowest BCUT2D eigenvalue weighted by Crippen LogP contribution is -2.06. The summed E-state index contributed by atoms with van der Waals surface area (Å²) >= 11 is 0. The highest BCUT2D eigenvalue weighted by molar-refractivity contribution is 6.24. The van der Waals surface area contributed by atoms with E-state index in [2.05, 4.69) is 137 Å². The van der Waals surface area contributed by atoms with Crippen molar-refractivity contribution in [2.24, 2.45) is 0 Å². The van der Waals surface area contributed by atoms with Crippen molar-refractivity contribution in [3.05, 3.63) is 151 Å². The number of nitrogens with one attached hydrogen (secondary N) is 1. The van der Waals surface area contributed by atoms with Crippen LogP contribution in [0.25, 0.3) is 88.1 Å². The summed E-state index contributed by atoms with van der Waals surface area (Å²) in [5.41, 5.74) is 18.7. The maximum atomic E-state index is 8.92. The van der Waals surface area contributed by atoms with E-state index in [0.29, 0.717) is 5.71 Å². The molecular formula is C44H30N4O. The molecule has 232 valence electrons. The third-order valence-corrected chi connectivity index (χ3v) is 9.96. The van der Waals surface area contributed by atoms with E-state index in [1.165, 1.54) is 0 Å². The van der Waals surface area contributed by atoms with Crippen molar-refractivity contribution in [1.29, 1.82) is 5.41 Å². The predicted octanol–water partition coefficient (Wildman–Crippen LogP) is 11.4. The molecule has 0 saturated heterocycles. The molecule has 49 heavy (non-hydrogen) atoms. The van der Waals surface area contributed by atoms with Gasteiger partial charge in [0.05, 0.1) is 33.1 Å². The normalized spacial score (nSPS) is 11.9. The van der Waals surface area contributed by atoms with Crippen molar-refractivity contribution >= 4 is 76.9 Å². The molecule has 0 saturated carbocycles. The van der Waals surface area contributed by atoms with Gasteiger partial charge in [0.25, 0.3) is 0 Å². The highest BCUT2D eigenvalue weighted by Crippen LogP contribution is 2.44. The van der Waals surface area contributed by atoms with Crippen LogP contribution in [0.5, 0.6) is 0 Å². The summed E-state index contributed by atoms with van der Waals surface area (Å²) in [4.78, 5) is 0. The van der Waals surface area contributed by atoms with Gasteiger partial charge in [-0.15, -0.1) is 0 Å². The van der Waals surface area contributed by atoms with E-state index in [9.17, 15) is 0 Å². The molecule has 0 unspecified atom stereocenters. The van der Waals surface area contributed by atoms with Gasteiger partial charge in [-0.2, -0.15) is 0 Å². The van der Waals surface area contributed by atoms with Gasteiger partial charge in [-0.25, -0.2) is 0 Å². The van der Waals surface area contributed by atoms with Gasteiger partial charge in [0.15, 0.2) is 0 Å². The van der Waals surface area contributed by atoms with Crippen molar-refractivity contribution < 1.29 is 4.42 Å². The number of nitrogen functional groups attached to an aromatic ring is 1. The number of hydrogen-bond acceptors (Lipinski definition) is 3. The Balaban J connectivity index is 1.33. The van der Waals surface area contributed by atoms with Gasteiger partial charge in [-0.3, -0.25) is 0 Å². The Bertz CT molecular complexity index is 2980. The van der Waals surface area contributed by atoms with Gasteiger partial charge in [0, 0.05) is 55.1 Å². The Hall–Kier alpha value is -6.59. The standard InChI is InChI=1S/C44H30N4O/c1-26(45)30-14-9-15-31(43(30)48-37-16-7-5-12-32(37)35-25-28(46)19-22-38(35)48)27-18-21-39-36(24-27)42-40(47(39)29-10-3-2-4-11-29)23-20-34-33-13-6-8-17-41(33)49-44(34)42/h2-25,45H,46H2,1H3. The monoisotopic (exact) mass is 630 g/mol. The second-order valence-corrected chi connectivity index (χ2v) is 12.8. The Morgan fingerprint density at radius 1 is 0.571 bits per heavy atom. The Labute approximate surface area is 281 Å². The minimum absolute atomic E-state index is 0.504. The van der Waals surface area contributed by atoms with Crippen LogP contribution in [-0.2, 0) is 0 Å². The lowest BCUT2D eigenvalue weighted by molar-refractivity contribution is 0.673. The Morgan fingerprint density at radius 3 is 2.14 bits per heavy atom. The molecule has 10 aromatic rings. The molecule has 3 N–H and O–H groups in total. The van der Waals surface area contributed by atoms with Crippen LogP contribution in [0.1, 0.15) is 12.5 Å². The number of nitrogens with zero attached hydrogens (tertiary/aromatic N) is 2. The van der Waals surface area contributed by atoms with Crippen LogP contribution in [0.4, 0.5) is 5.69 Å². The van der Waals surface area contributed by atoms with Gasteiger partial charge in [-0.05, 0) is 79.2 Å². The maximum Gasteiger partial charge on any atom is 0.145 e. The molecule has 3 aromatic heterocycles. The van der Waals surface area contributed by atoms with Crippen LogP contribution in [0.3, 0.4) is 0 Å². The van der Waals surface area contributed by atoms with Crippen LogP contribution in [0.15, 0.2) is 150 Å². The number of rotatable bonds is 4. The van der Waals surface area contributed by atoms with Crippen LogP contribution >= 0.6 is 0 Å². The molecule has 0 bridgehead atoms. The lowest BCUT2D eigenvalue weighted by Gasteiger charge is -2.18. The fourth-order valence-electron chi connectivity index (χ4n) is 7.86. The fraction of sp³-hybridized carbons (Fsp3) is 0.0227. The number of fused-ring (bicyclic) bond motifs is 10. The molecule has 10 rings (SSSR count). The summed E-state index contributed by atoms with van der Waals surface area (Å²) < 4.78 is 11.3. The summed E-state index contributed by atoms with van der Waals surface area (Å²) in [6.45, 7) is 1.86. The summed E-state index contributed by atoms with van der Waals surface area (Å²) in [6, 6.07) is 50.8. The van der Waals surface area contributed by atoms with Crippen LogP contribution < -0.4 is 5.73 Å². The van der Waals surface area contributed by atoms with E-state index in [1.54, 1.807) is 0 Å². The zero-order chi connectivity index (χ0) is 32.8. The SMILES string of the molecule is CC(=N)c1cccc(-c2ccc3c(c2)c2c4oc5ccccc5c4ccc2n3-c2ccccc2)c1-n1c2ccccc2c2cc(N)ccc21. The number of aromatic nitrogens is 2. The van der Waals surface area contributed by atoms with Crippen LogP contribution in [-0.4, -0.2) is 14.8 Å². The molecule has 0 aliphatic carbocycles. The van der Waals surface area contributed by atoms with Crippen molar-refractivity contribution in [1.82, 2.24) is 9.13 Å². The molecule has 0 aliphatic rings. The second kappa shape index (κ2) is 10.2. The Kier molecular flexibility index (Phi) is 5.73. The zero-order valence-electron chi connectivity index (χ0n) is 26.7. The predicted molar refractivity (Wildman–Crippen MR) is 205 cm³/mol. The topological polar surface area (TPSA) is 72.9 Å². The summed E-state index contributed by atoms with van der Waals surface area (Å²) in [7, 11) is 0. The number of para-hydroxylation sites is 4. The summed E-state index contributed by atoms with van der Waals surface area (Å²) in [5.74, 6) is 0. The van der Waals surface area contributed by atoms with Gasteiger partial charge >= 0.3 is 0 Å². The first-order valence-electron chi connectivity index (χ1n) is 16.5. The maximum absolute atomic E-state index is 8.92. The molecule has 5 nitrogen and oxygen atoms in total. The zero-order valence-corrected chi connectivity index (χ0v) is 26.7. The van der Waals surface area contributed by atoms with Gasteiger partial charge in [0.2, 0.25) is 0 Å². The smallest absolute Gasteiger partial charge is 0.145 e. The average Bonchev–Trinajstić information content (AvgIpc) is 3.78. The molecule has 0 spiro atoms. The van der Waals surface area contributed by atoms with Crippen molar-refractivity contribution in [3.8, 4) is 22.5 Å².